The molecule has 1 aromatic heterocycles. The Kier molecular flexibility index (Phi) is 3.10. The Morgan fingerprint density at radius 3 is 2.22 bits per heavy atom. The molecule has 18 heavy (non-hydrogen) atoms. The Morgan fingerprint density at radius 2 is 1.67 bits per heavy atom. The average Bonchev–Trinajstić information content (AvgIpc) is 2.41. The van der Waals surface area contributed by atoms with Crippen LogP contribution in [0.2, 0.25) is 0 Å². The molecule has 1 aromatic carbocycles. The van der Waals surface area contributed by atoms with E-state index in [2.05, 4.69) is 4.98 Å². The highest BCUT2D eigenvalue weighted by Gasteiger charge is 2.16. The maximum absolute atomic E-state index is 12.0. The number of aryl methyl sites for hydroxylation is 1. The molecule has 0 saturated heterocycles. The third-order valence-corrected chi connectivity index (χ3v) is 2.75. The summed E-state index contributed by atoms with van der Waals surface area (Å²) in [7, 11) is 6.12. The third-order valence-electron chi connectivity index (χ3n) is 2.75. The Bertz CT molecular complexity index is 649. The van der Waals surface area contributed by atoms with Gasteiger partial charge in [0.15, 0.2) is 0 Å². The van der Waals surface area contributed by atoms with Crippen LogP contribution in [0.25, 0.3) is 11.0 Å². The van der Waals surface area contributed by atoms with Crippen LogP contribution in [-0.2, 0) is 7.05 Å². The summed E-state index contributed by atoms with van der Waals surface area (Å²) in [5.41, 5.74) is 0.773. The number of rotatable bonds is 3. The van der Waals surface area contributed by atoms with Gasteiger partial charge >= 0.3 is 5.56 Å². The lowest BCUT2D eigenvalue weighted by Gasteiger charge is -2.13. The van der Waals surface area contributed by atoms with Crippen molar-refractivity contribution in [2.75, 3.05) is 21.3 Å². The van der Waals surface area contributed by atoms with Gasteiger partial charge in [0.2, 0.25) is 0 Å². The van der Waals surface area contributed by atoms with Crippen molar-refractivity contribution in [3.05, 3.63) is 22.5 Å². The fourth-order valence-electron chi connectivity index (χ4n) is 1.83. The number of ether oxygens (including phenoxy) is 3. The van der Waals surface area contributed by atoms with Gasteiger partial charge in [-0.15, -0.1) is 0 Å². The van der Waals surface area contributed by atoms with E-state index in [1.54, 1.807) is 26.3 Å². The molecular weight excluding hydrogens is 236 g/mol. The van der Waals surface area contributed by atoms with Gasteiger partial charge in [0.1, 0.15) is 22.5 Å². The zero-order valence-corrected chi connectivity index (χ0v) is 10.7. The highest BCUT2D eigenvalue weighted by atomic mass is 16.5. The normalized spacial score (nSPS) is 10.4. The maximum atomic E-state index is 12.0. The molecule has 0 radical (unpaired) electrons. The van der Waals surface area contributed by atoms with Crippen molar-refractivity contribution in [2.24, 2.45) is 7.05 Å². The van der Waals surface area contributed by atoms with Crippen molar-refractivity contribution >= 4 is 11.0 Å². The largest absolute Gasteiger partial charge is 0.494 e. The maximum Gasteiger partial charge on any atom is 0.313 e. The van der Waals surface area contributed by atoms with Crippen molar-refractivity contribution in [1.82, 2.24) is 9.55 Å². The van der Waals surface area contributed by atoms with Crippen LogP contribution in [0.5, 0.6) is 17.4 Å². The monoisotopic (exact) mass is 250 g/mol. The fraction of sp³-hybridized carbons (Fsp3) is 0.333. The van der Waals surface area contributed by atoms with E-state index in [4.69, 9.17) is 14.2 Å². The Labute approximate surface area is 104 Å². The van der Waals surface area contributed by atoms with E-state index in [-0.39, 0.29) is 11.4 Å². The molecule has 0 fully saturated rings. The summed E-state index contributed by atoms with van der Waals surface area (Å²) in [6.07, 6.45) is 0. The number of methoxy groups -OCH3 is 3. The molecule has 2 aromatic rings. The van der Waals surface area contributed by atoms with Gasteiger partial charge in [-0.1, -0.05) is 0 Å². The number of fused-ring (bicyclic) bond motifs is 1. The summed E-state index contributed by atoms with van der Waals surface area (Å²) in [4.78, 5) is 16.1. The lowest BCUT2D eigenvalue weighted by molar-refractivity contribution is 0.384. The van der Waals surface area contributed by atoms with E-state index in [1.165, 1.54) is 18.8 Å². The number of hydrogen-bond donors (Lipinski definition) is 0. The molecule has 0 aliphatic carbocycles. The first-order chi connectivity index (χ1) is 8.63. The van der Waals surface area contributed by atoms with Crippen LogP contribution in [0.15, 0.2) is 16.9 Å². The zero-order valence-electron chi connectivity index (χ0n) is 10.7. The molecule has 0 bridgehead atoms. The first kappa shape index (κ1) is 12.2. The summed E-state index contributed by atoms with van der Waals surface area (Å²) < 4.78 is 16.9. The van der Waals surface area contributed by atoms with E-state index in [9.17, 15) is 4.79 Å². The van der Waals surface area contributed by atoms with Gasteiger partial charge in [0.25, 0.3) is 5.88 Å². The number of nitrogens with zero attached hydrogens (tertiary/aromatic N) is 2. The molecule has 0 atom stereocenters. The summed E-state index contributed by atoms with van der Waals surface area (Å²) in [6.45, 7) is 0. The van der Waals surface area contributed by atoms with Crippen LogP contribution in [-0.4, -0.2) is 30.9 Å². The quantitative estimate of drug-likeness (QED) is 0.812. The Morgan fingerprint density at radius 1 is 1.06 bits per heavy atom. The van der Waals surface area contributed by atoms with Crippen LogP contribution in [0.1, 0.15) is 0 Å². The molecule has 0 unspecified atom stereocenters. The Balaban J connectivity index is 2.98. The van der Waals surface area contributed by atoms with Crippen molar-refractivity contribution in [3.63, 3.8) is 0 Å². The zero-order chi connectivity index (χ0) is 13.3. The minimum atomic E-state index is -0.323. The lowest BCUT2D eigenvalue weighted by Crippen LogP contribution is -2.20. The van der Waals surface area contributed by atoms with Gasteiger partial charge in [-0.2, -0.15) is 0 Å². The summed E-state index contributed by atoms with van der Waals surface area (Å²) in [6, 6.07) is 3.47. The molecule has 0 saturated carbocycles. The predicted octanol–water partition coefficient (Wildman–Crippen LogP) is 0.959. The van der Waals surface area contributed by atoms with Crippen molar-refractivity contribution in [3.8, 4) is 17.4 Å². The van der Waals surface area contributed by atoms with Crippen LogP contribution in [0.4, 0.5) is 0 Å². The molecule has 1 heterocycles. The number of aromatic nitrogens is 2. The third kappa shape index (κ3) is 1.66. The van der Waals surface area contributed by atoms with Gasteiger partial charge in [0, 0.05) is 7.05 Å². The molecule has 6 nitrogen and oxygen atoms in total. The van der Waals surface area contributed by atoms with Gasteiger partial charge in [-0.05, 0) is 12.1 Å². The molecule has 0 spiro atoms. The second-order valence-electron chi connectivity index (χ2n) is 3.65. The van der Waals surface area contributed by atoms with Crippen LogP contribution in [0.3, 0.4) is 0 Å². The summed E-state index contributed by atoms with van der Waals surface area (Å²) in [5.74, 6) is 1.14. The average molecular weight is 250 g/mol. The molecule has 0 aliphatic heterocycles. The SMILES string of the molecule is COc1nc2c(OC)ccc(OC)c2n(C)c1=O. The Hall–Kier alpha value is -2.24. The van der Waals surface area contributed by atoms with E-state index >= 15 is 0 Å². The van der Waals surface area contributed by atoms with Crippen molar-refractivity contribution in [1.29, 1.82) is 0 Å². The molecule has 0 amide bonds. The fourth-order valence-corrected chi connectivity index (χ4v) is 1.83. The molecule has 6 heteroatoms. The first-order valence-electron chi connectivity index (χ1n) is 5.29. The molecule has 2 rings (SSSR count). The van der Waals surface area contributed by atoms with Gasteiger partial charge in [-0.3, -0.25) is 4.79 Å². The number of hydrogen-bond acceptors (Lipinski definition) is 5. The predicted molar refractivity (Wildman–Crippen MR) is 66.6 cm³/mol. The minimum absolute atomic E-state index is 0.0246. The van der Waals surface area contributed by atoms with Gasteiger partial charge in [-0.25, -0.2) is 4.98 Å². The summed E-state index contributed by atoms with van der Waals surface area (Å²) >= 11 is 0. The molecule has 0 aliphatic rings. The van der Waals surface area contributed by atoms with Crippen LogP contribution < -0.4 is 19.8 Å². The topological polar surface area (TPSA) is 62.6 Å². The second-order valence-corrected chi connectivity index (χ2v) is 3.65. The van der Waals surface area contributed by atoms with Crippen LogP contribution in [0, 0.1) is 0 Å². The first-order valence-corrected chi connectivity index (χ1v) is 5.29. The molecular formula is C12H14N2O4. The van der Waals surface area contributed by atoms with E-state index in [0.717, 1.165) is 0 Å². The van der Waals surface area contributed by atoms with Crippen LogP contribution >= 0.6 is 0 Å². The molecule has 0 N–H and O–H groups in total. The van der Waals surface area contributed by atoms with Gasteiger partial charge in [0.05, 0.1) is 21.3 Å². The molecule has 96 valence electrons. The number of benzene rings is 1. The smallest absolute Gasteiger partial charge is 0.313 e. The standard InChI is InChI=1S/C12H14N2O4/c1-14-10-8(17-3)6-5-7(16-2)9(10)13-11(18-4)12(14)15/h5-6H,1-4H3. The summed E-state index contributed by atoms with van der Waals surface area (Å²) in [5, 5.41) is 0. The van der Waals surface area contributed by atoms with Crippen molar-refractivity contribution in [2.45, 2.75) is 0 Å². The van der Waals surface area contributed by atoms with E-state index < -0.39 is 0 Å². The highest BCUT2D eigenvalue weighted by molar-refractivity contribution is 5.87. The minimum Gasteiger partial charge on any atom is -0.494 e. The second kappa shape index (κ2) is 4.56. The van der Waals surface area contributed by atoms with Crippen molar-refractivity contribution < 1.29 is 14.2 Å². The highest BCUT2D eigenvalue weighted by Crippen LogP contribution is 2.31. The lowest BCUT2D eigenvalue weighted by atomic mass is 10.2. The van der Waals surface area contributed by atoms with Gasteiger partial charge < -0.3 is 18.8 Å². The van der Waals surface area contributed by atoms with E-state index in [0.29, 0.717) is 22.5 Å². The van der Waals surface area contributed by atoms with E-state index in [1.807, 2.05) is 0 Å².